The highest BCUT2D eigenvalue weighted by atomic mass is 32.2. The van der Waals surface area contributed by atoms with Gasteiger partial charge in [0.25, 0.3) is 0 Å². The highest BCUT2D eigenvalue weighted by Gasteiger charge is 2.21. The fraction of sp³-hybridized carbons (Fsp3) is 0.500. The number of halogens is 1. The molecule has 3 rings (SSSR count). The summed E-state index contributed by atoms with van der Waals surface area (Å²) in [5.41, 5.74) is 0.839. The van der Waals surface area contributed by atoms with Crippen LogP contribution in [0.15, 0.2) is 29.4 Å². The number of ether oxygens (including phenoxy) is 1. The maximum Gasteiger partial charge on any atom is 0.191 e. The molecule has 0 bridgehead atoms. The van der Waals surface area contributed by atoms with E-state index in [9.17, 15) is 4.39 Å². The van der Waals surface area contributed by atoms with Gasteiger partial charge < -0.3 is 9.84 Å². The molecular formula is C16H20FN3O2S. The van der Waals surface area contributed by atoms with Crippen LogP contribution in [-0.2, 0) is 11.3 Å². The second-order valence-corrected chi connectivity index (χ2v) is 6.55. The Morgan fingerprint density at radius 1 is 1.30 bits per heavy atom. The molecule has 1 unspecified atom stereocenters. The van der Waals surface area contributed by atoms with Crippen molar-refractivity contribution in [2.45, 2.75) is 37.1 Å². The fourth-order valence-corrected chi connectivity index (χ4v) is 3.46. The molecule has 2 aromatic rings. The summed E-state index contributed by atoms with van der Waals surface area (Å²) in [5, 5.41) is 18.3. The Morgan fingerprint density at radius 3 is 2.83 bits per heavy atom. The lowest BCUT2D eigenvalue weighted by Gasteiger charge is -2.14. The summed E-state index contributed by atoms with van der Waals surface area (Å²) in [4.78, 5) is 0. The van der Waals surface area contributed by atoms with Crippen molar-refractivity contribution in [3.63, 3.8) is 0 Å². The number of thioether (sulfide) groups is 1. The van der Waals surface area contributed by atoms with Gasteiger partial charge in [0.1, 0.15) is 5.82 Å². The molecule has 23 heavy (non-hydrogen) atoms. The SMILES string of the molecule is OCCCSc1nnc(-c2ccc(F)cc2)n1CC1CCCO1. The third-order valence-corrected chi connectivity index (χ3v) is 4.82. The van der Waals surface area contributed by atoms with E-state index < -0.39 is 0 Å². The summed E-state index contributed by atoms with van der Waals surface area (Å²) in [6.07, 6.45) is 2.99. The minimum atomic E-state index is -0.267. The molecule has 0 radical (unpaired) electrons. The number of hydrogen-bond acceptors (Lipinski definition) is 5. The zero-order valence-corrected chi connectivity index (χ0v) is 13.6. The molecule has 1 aromatic carbocycles. The normalized spacial score (nSPS) is 17.7. The highest BCUT2D eigenvalue weighted by molar-refractivity contribution is 7.99. The standard InChI is InChI=1S/C16H20FN3O2S/c17-13-6-4-12(5-7-13)15-18-19-16(23-10-2-8-21)20(15)11-14-3-1-9-22-14/h4-7,14,21H,1-3,8-11H2. The highest BCUT2D eigenvalue weighted by Crippen LogP contribution is 2.27. The molecule has 1 aromatic heterocycles. The van der Waals surface area contributed by atoms with Crippen molar-refractivity contribution >= 4 is 11.8 Å². The second kappa shape index (κ2) is 7.90. The lowest BCUT2D eigenvalue weighted by molar-refractivity contribution is 0.0953. The first-order valence-electron chi connectivity index (χ1n) is 7.82. The van der Waals surface area contributed by atoms with Crippen LogP contribution in [0.1, 0.15) is 19.3 Å². The third kappa shape index (κ3) is 4.10. The van der Waals surface area contributed by atoms with E-state index in [0.29, 0.717) is 13.0 Å². The Morgan fingerprint density at radius 2 is 2.13 bits per heavy atom. The van der Waals surface area contributed by atoms with Gasteiger partial charge in [-0.1, -0.05) is 11.8 Å². The predicted molar refractivity (Wildman–Crippen MR) is 86.8 cm³/mol. The van der Waals surface area contributed by atoms with Crippen molar-refractivity contribution in [2.75, 3.05) is 19.0 Å². The van der Waals surface area contributed by atoms with Crippen LogP contribution in [0.3, 0.4) is 0 Å². The maximum atomic E-state index is 13.2. The average molecular weight is 337 g/mol. The van der Waals surface area contributed by atoms with Gasteiger partial charge in [-0.3, -0.25) is 4.57 Å². The third-order valence-electron chi connectivity index (χ3n) is 3.76. The van der Waals surface area contributed by atoms with E-state index in [1.165, 1.54) is 12.1 Å². The topological polar surface area (TPSA) is 60.2 Å². The van der Waals surface area contributed by atoms with Crippen LogP contribution in [0.5, 0.6) is 0 Å². The van der Waals surface area contributed by atoms with Gasteiger partial charge in [0.2, 0.25) is 0 Å². The Balaban J connectivity index is 1.86. The fourth-order valence-electron chi connectivity index (χ4n) is 2.59. The molecule has 1 saturated heterocycles. The molecule has 1 aliphatic rings. The smallest absolute Gasteiger partial charge is 0.191 e. The van der Waals surface area contributed by atoms with E-state index in [1.807, 2.05) is 4.57 Å². The lowest BCUT2D eigenvalue weighted by atomic mass is 10.2. The minimum Gasteiger partial charge on any atom is -0.396 e. The van der Waals surface area contributed by atoms with Crippen LogP contribution in [0, 0.1) is 5.82 Å². The Hall–Kier alpha value is -1.44. The van der Waals surface area contributed by atoms with Crippen LogP contribution in [0.25, 0.3) is 11.4 Å². The van der Waals surface area contributed by atoms with Crippen molar-refractivity contribution in [3.05, 3.63) is 30.1 Å². The zero-order chi connectivity index (χ0) is 16.1. The minimum absolute atomic E-state index is 0.164. The summed E-state index contributed by atoms with van der Waals surface area (Å²) >= 11 is 1.57. The van der Waals surface area contributed by atoms with Gasteiger partial charge in [0.05, 0.1) is 12.6 Å². The van der Waals surface area contributed by atoms with Crippen LogP contribution < -0.4 is 0 Å². The van der Waals surface area contributed by atoms with E-state index in [1.54, 1.807) is 23.9 Å². The van der Waals surface area contributed by atoms with Gasteiger partial charge in [-0.25, -0.2) is 4.39 Å². The molecule has 0 amide bonds. The number of aliphatic hydroxyl groups is 1. The van der Waals surface area contributed by atoms with Crippen LogP contribution in [0.2, 0.25) is 0 Å². The molecule has 1 aliphatic heterocycles. The number of nitrogens with zero attached hydrogens (tertiary/aromatic N) is 3. The van der Waals surface area contributed by atoms with Gasteiger partial charge in [0.15, 0.2) is 11.0 Å². The quantitative estimate of drug-likeness (QED) is 0.622. The van der Waals surface area contributed by atoms with Gasteiger partial charge in [-0.15, -0.1) is 10.2 Å². The zero-order valence-electron chi connectivity index (χ0n) is 12.8. The van der Waals surface area contributed by atoms with E-state index in [4.69, 9.17) is 9.84 Å². The molecule has 5 nitrogen and oxygen atoms in total. The Kier molecular flexibility index (Phi) is 5.64. The van der Waals surface area contributed by atoms with Crippen molar-refractivity contribution in [1.82, 2.24) is 14.8 Å². The Bertz CT molecular complexity index is 627. The summed E-state index contributed by atoms with van der Waals surface area (Å²) in [7, 11) is 0. The number of rotatable bonds is 7. The maximum absolute atomic E-state index is 13.2. The van der Waals surface area contributed by atoms with Crippen LogP contribution in [0.4, 0.5) is 4.39 Å². The van der Waals surface area contributed by atoms with Gasteiger partial charge in [-0.2, -0.15) is 0 Å². The summed E-state index contributed by atoms with van der Waals surface area (Å²) in [6.45, 7) is 1.66. The molecule has 0 aliphatic carbocycles. The van der Waals surface area contributed by atoms with Gasteiger partial charge >= 0.3 is 0 Å². The second-order valence-electron chi connectivity index (χ2n) is 5.48. The summed E-state index contributed by atoms with van der Waals surface area (Å²) in [6, 6.07) is 6.29. The predicted octanol–water partition coefficient (Wildman–Crippen LogP) is 2.74. The molecule has 1 fully saturated rings. The number of aromatic nitrogens is 3. The van der Waals surface area contributed by atoms with E-state index in [-0.39, 0.29) is 18.5 Å². The average Bonchev–Trinajstić information content (AvgIpc) is 3.20. The number of aliphatic hydroxyl groups excluding tert-OH is 1. The first kappa shape index (κ1) is 16.4. The van der Waals surface area contributed by atoms with Crippen molar-refractivity contribution in [3.8, 4) is 11.4 Å². The van der Waals surface area contributed by atoms with Crippen LogP contribution in [-0.4, -0.2) is 44.9 Å². The number of benzene rings is 1. The monoisotopic (exact) mass is 337 g/mol. The molecule has 0 saturated carbocycles. The van der Waals surface area contributed by atoms with Crippen LogP contribution >= 0.6 is 11.8 Å². The molecule has 7 heteroatoms. The van der Waals surface area contributed by atoms with Crippen molar-refractivity contribution in [1.29, 1.82) is 0 Å². The molecule has 1 N–H and O–H groups in total. The molecule has 2 heterocycles. The largest absolute Gasteiger partial charge is 0.396 e. The van der Waals surface area contributed by atoms with Crippen molar-refractivity contribution < 1.29 is 14.2 Å². The van der Waals surface area contributed by atoms with E-state index in [2.05, 4.69) is 10.2 Å². The van der Waals surface area contributed by atoms with Gasteiger partial charge in [-0.05, 0) is 43.5 Å². The van der Waals surface area contributed by atoms with E-state index >= 15 is 0 Å². The van der Waals surface area contributed by atoms with Crippen molar-refractivity contribution in [2.24, 2.45) is 0 Å². The molecule has 0 spiro atoms. The van der Waals surface area contributed by atoms with E-state index in [0.717, 1.165) is 41.7 Å². The first-order chi connectivity index (χ1) is 11.3. The first-order valence-corrected chi connectivity index (χ1v) is 8.81. The molecule has 124 valence electrons. The summed E-state index contributed by atoms with van der Waals surface area (Å²) in [5.74, 6) is 1.24. The Labute approximate surface area is 138 Å². The lowest BCUT2D eigenvalue weighted by Crippen LogP contribution is -2.16. The summed E-state index contributed by atoms with van der Waals surface area (Å²) < 4.78 is 20.9. The number of hydrogen-bond donors (Lipinski definition) is 1. The molecular weight excluding hydrogens is 317 g/mol. The van der Waals surface area contributed by atoms with Gasteiger partial charge in [0, 0.05) is 24.5 Å². The molecule has 1 atom stereocenters.